The van der Waals surface area contributed by atoms with Crippen LogP contribution in [0.1, 0.15) is 22.8 Å². The molecule has 4 nitrogen and oxygen atoms in total. The van der Waals surface area contributed by atoms with E-state index in [1.54, 1.807) is 25.1 Å². The zero-order valence-electron chi connectivity index (χ0n) is 7.99. The van der Waals surface area contributed by atoms with Gasteiger partial charge in [-0.05, 0) is 18.6 Å². The molecule has 0 aromatic heterocycles. The molecule has 0 saturated carbocycles. The zero-order chi connectivity index (χ0) is 10.6. The summed E-state index contributed by atoms with van der Waals surface area (Å²) in [7, 11) is 0. The molecule has 76 valence electrons. The molecular weight excluding hydrogens is 182 g/mol. The summed E-state index contributed by atoms with van der Waals surface area (Å²) in [4.78, 5) is 11.4. The molecule has 0 atom stereocenters. The van der Waals surface area contributed by atoms with Crippen LogP contribution in [-0.2, 0) is 11.3 Å². The maximum Gasteiger partial charge on any atom is 0.340 e. The van der Waals surface area contributed by atoms with Crippen molar-refractivity contribution in [3.63, 3.8) is 0 Å². The van der Waals surface area contributed by atoms with Gasteiger partial charge in [-0.15, -0.1) is 0 Å². The van der Waals surface area contributed by atoms with Crippen LogP contribution < -0.4 is 5.73 Å². The number of ether oxygens (including phenoxy) is 1. The maximum absolute atomic E-state index is 11.4. The molecule has 0 radical (unpaired) electrons. The fraction of sp³-hybridized carbons (Fsp3) is 0.300. The van der Waals surface area contributed by atoms with E-state index in [1.807, 2.05) is 0 Å². The van der Waals surface area contributed by atoms with Gasteiger partial charge in [0.05, 0.1) is 18.8 Å². The van der Waals surface area contributed by atoms with Gasteiger partial charge in [0, 0.05) is 5.69 Å². The molecule has 0 unspecified atom stereocenters. The number of nitrogen functional groups attached to an aromatic ring is 1. The van der Waals surface area contributed by atoms with E-state index in [-0.39, 0.29) is 18.8 Å². The first-order chi connectivity index (χ1) is 6.70. The zero-order valence-corrected chi connectivity index (χ0v) is 7.99. The van der Waals surface area contributed by atoms with Crippen molar-refractivity contribution >= 4 is 11.7 Å². The molecule has 14 heavy (non-hydrogen) atoms. The van der Waals surface area contributed by atoms with Crippen LogP contribution >= 0.6 is 0 Å². The van der Waals surface area contributed by atoms with Gasteiger partial charge < -0.3 is 15.6 Å². The number of rotatable bonds is 3. The Hall–Kier alpha value is -1.55. The van der Waals surface area contributed by atoms with E-state index < -0.39 is 5.97 Å². The first-order valence-corrected chi connectivity index (χ1v) is 4.36. The number of carbonyl (C=O) groups is 1. The second-order valence-electron chi connectivity index (χ2n) is 2.76. The highest BCUT2D eigenvalue weighted by Crippen LogP contribution is 2.18. The van der Waals surface area contributed by atoms with Gasteiger partial charge in [-0.1, -0.05) is 12.1 Å². The fourth-order valence-electron chi connectivity index (χ4n) is 1.20. The first kappa shape index (κ1) is 10.5. The van der Waals surface area contributed by atoms with Crippen molar-refractivity contribution in [1.29, 1.82) is 0 Å². The van der Waals surface area contributed by atoms with Gasteiger partial charge in [0.25, 0.3) is 0 Å². The van der Waals surface area contributed by atoms with Crippen LogP contribution in [0.4, 0.5) is 5.69 Å². The molecule has 0 fully saturated rings. The summed E-state index contributed by atoms with van der Waals surface area (Å²) in [6.07, 6.45) is 0. The molecule has 0 aliphatic rings. The Morgan fingerprint density at radius 2 is 2.29 bits per heavy atom. The average molecular weight is 195 g/mol. The van der Waals surface area contributed by atoms with Gasteiger partial charge in [-0.2, -0.15) is 0 Å². The van der Waals surface area contributed by atoms with E-state index in [1.165, 1.54) is 0 Å². The quantitative estimate of drug-likeness (QED) is 0.556. The maximum atomic E-state index is 11.4. The highest BCUT2D eigenvalue weighted by Gasteiger charge is 2.14. The molecule has 1 aromatic rings. The predicted octanol–water partition coefficient (Wildman–Crippen LogP) is 0.938. The van der Waals surface area contributed by atoms with Crippen molar-refractivity contribution < 1.29 is 14.6 Å². The van der Waals surface area contributed by atoms with E-state index in [0.717, 1.165) is 0 Å². The molecule has 0 amide bonds. The Labute approximate surface area is 82.3 Å². The smallest absolute Gasteiger partial charge is 0.340 e. The summed E-state index contributed by atoms with van der Waals surface area (Å²) in [5.41, 5.74) is 6.70. The van der Waals surface area contributed by atoms with Gasteiger partial charge in [-0.25, -0.2) is 4.79 Å². The molecule has 0 aliphatic carbocycles. The van der Waals surface area contributed by atoms with Crippen molar-refractivity contribution in [2.45, 2.75) is 13.5 Å². The Kier molecular flexibility index (Phi) is 3.48. The third-order valence-corrected chi connectivity index (χ3v) is 1.83. The van der Waals surface area contributed by atoms with E-state index in [9.17, 15) is 4.79 Å². The molecule has 0 spiro atoms. The molecule has 0 aliphatic heterocycles. The Balaban J connectivity index is 3.10. The minimum Gasteiger partial charge on any atom is -0.462 e. The van der Waals surface area contributed by atoms with Gasteiger partial charge >= 0.3 is 5.97 Å². The van der Waals surface area contributed by atoms with Gasteiger partial charge in [0.1, 0.15) is 0 Å². The molecule has 0 bridgehead atoms. The number of hydrogen-bond donors (Lipinski definition) is 2. The number of benzene rings is 1. The van der Waals surface area contributed by atoms with Crippen LogP contribution in [0.3, 0.4) is 0 Å². The van der Waals surface area contributed by atoms with Gasteiger partial charge in [0.2, 0.25) is 0 Å². The van der Waals surface area contributed by atoms with Crippen LogP contribution in [-0.4, -0.2) is 17.7 Å². The number of aliphatic hydroxyl groups excluding tert-OH is 1. The van der Waals surface area contributed by atoms with Crippen molar-refractivity contribution in [2.24, 2.45) is 0 Å². The standard InChI is InChI=1S/C10H13NO3/c1-2-14-10(13)9-7(6-12)4-3-5-8(9)11/h3-5,12H,2,6,11H2,1H3. The fourth-order valence-corrected chi connectivity index (χ4v) is 1.20. The van der Waals surface area contributed by atoms with E-state index in [0.29, 0.717) is 11.3 Å². The third-order valence-electron chi connectivity index (χ3n) is 1.83. The number of hydrogen-bond acceptors (Lipinski definition) is 4. The molecule has 1 aromatic carbocycles. The number of anilines is 1. The Morgan fingerprint density at radius 3 is 2.86 bits per heavy atom. The summed E-state index contributed by atoms with van der Waals surface area (Å²) in [6.45, 7) is 1.78. The normalized spacial score (nSPS) is 9.86. The highest BCUT2D eigenvalue weighted by molar-refractivity contribution is 5.96. The monoisotopic (exact) mass is 195 g/mol. The number of carbonyl (C=O) groups excluding carboxylic acids is 1. The average Bonchev–Trinajstić information content (AvgIpc) is 2.17. The van der Waals surface area contributed by atoms with E-state index in [4.69, 9.17) is 15.6 Å². The second kappa shape index (κ2) is 4.62. The molecule has 3 N–H and O–H groups in total. The molecule has 1 rings (SSSR count). The lowest BCUT2D eigenvalue weighted by atomic mass is 10.1. The van der Waals surface area contributed by atoms with E-state index in [2.05, 4.69) is 0 Å². The molecular formula is C10H13NO3. The van der Waals surface area contributed by atoms with E-state index >= 15 is 0 Å². The third kappa shape index (κ3) is 2.03. The Morgan fingerprint density at radius 1 is 1.57 bits per heavy atom. The topological polar surface area (TPSA) is 72.5 Å². The summed E-state index contributed by atoms with van der Waals surface area (Å²) in [5.74, 6) is -0.491. The van der Waals surface area contributed by atoms with Crippen LogP contribution in [0, 0.1) is 0 Å². The predicted molar refractivity (Wildman–Crippen MR) is 52.7 cm³/mol. The number of aliphatic hydroxyl groups is 1. The second-order valence-corrected chi connectivity index (χ2v) is 2.76. The summed E-state index contributed by atoms with van der Waals surface area (Å²) in [5, 5.41) is 9.00. The highest BCUT2D eigenvalue weighted by atomic mass is 16.5. The lowest BCUT2D eigenvalue weighted by Crippen LogP contribution is -2.11. The largest absolute Gasteiger partial charge is 0.462 e. The van der Waals surface area contributed by atoms with Crippen LogP contribution in [0.5, 0.6) is 0 Å². The minimum absolute atomic E-state index is 0.223. The summed E-state index contributed by atoms with van der Waals surface area (Å²) >= 11 is 0. The van der Waals surface area contributed by atoms with Crippen LogP contribution in [0.15, 0.2) is 18.2 Å². The first-order valence-electron chi connectivity index (χ1n) is 4.36. The minimum atomic E-state index is -0.491. The molecule has 4 heteroatoms. The van der Waals surface area contributed by atoms with Crippen molar-refractivity contribution in [1.82, 2.24) is 0 Å². The van der Waals surface area contributed by atoms with Crippen molar-refractivity contribution in [3.8, 4) is 0 Å². The molecule has 0 heterocycles. The van der Waals surface area contributed by atoms with Crippen LogP contribution in [0.25, 0.3) is 0 Å². The molecule has 0 saturated heterocycles. The lowest BCUT2D eigenvalue weighted by Gasteiger charge is -2.08. The van der Waals surface area contributed by atoms with Crippen molar-refractivity contribution in [2.75, 3.05) is 12.3 Å². The summed E-state index contributed by atoms with van der Waals surface area (Å²) < 4.78 is 4.82. The van der Waals surface area contributed by atoms with Gasteiger partial charge in [-0.3, -0.25) is 0 Å². The van der Waals surface area contributed by atoms with Gasteiger partial charge in [0.15, 0.2) is 0 Å². The SMILES string of the molecule is CCOC(=O)c1c(N)cccc1CO. The van der Waals surface area contributed by atoms with Crippen LogP contribution in [0.2, 0.25) is 0 Å². The number of esters is 1. The Bertz CT molecular complexity index is 336. The van der Waals surface area contributed by atoms with Crippen molar-refractivity contribution in [3.05, 3.63) is 29.3 Å². The lowest BCUT2D eigenvalue weighted by molar-refractivity contribution is 0.0524. The number of nitrogens with two attached hydrogens (primary N) is 1. The summed E-state index contributed by atoms with van der Waals surface area (Å²) in [6, 6.07) is 4.93.